The van der Waals surface area contributed by atoms with Crippen LogP contribution in [-0.4, -0.2) is 16.8 Å². The summed E-state index contributed by atoms with van der Waals surface area (Å²) >= 11 is 1.55. The Morgan fingerprint density at radius 1 is 1.47 bits per heavy atom. The fourth-order valence-corrected chi connectivity index (χ4v) is 3.40. The van der Waals surface area contributed by atoms with Crippen molar-refractivity contribution in [3.05, 3.63) is 20.9 Å². The summed E-state index contributed by atoms with van der Waals surface area (Å²) in [5, 5.41) is 7.69. The van der Waals surface area contributed by atoms with Crippen LogP contribution in [0.2, 0.25) is 0 Å². The Kier molecular flexibility index (Phi) is 2.43. The summed E-state index contributed by atoms with van der Waals surface area (Å²) in [6, 6.07) is 0. The predicted octanol–water partition coefficient (Wildman–Crippen LogP) is 2.43. The van der Waals surface area contributed by atoms with Crippen molar-refractivity contribution in [2.45, 2.75) is 32.6 Å². The second-order valence-electron chi connectivity index (χ2n) is 4.60. The molecular weight excluding hydrogens is 236 g/mol. The van der Waals surface area contributed by atoms with Crippen LogP contribution in [-0.2, 0) is 6.42 Å². The molecule has 1 aliphatic heterocycles. The smallest absolute Gasteiger partial charge is 0.282 e. The van der Waals surface area contributed by atoms with Gasteiger partial charge in [0.1, 0.15) is 10.4 Å². The minimum Gasteiger partial charge on any atom is -0.492 e. The Bertz CT molecular complexity index is 627. The molecule has 0 bridgehead atoms. The summed E-state index contributed by atoms with van der Waals surface area (Å²) in [6.07, 6.45) is 2.04. The Morgan fingerprint density at radius 3 is 3.06 bits per heavy atom. The van der Waals surface area contributed by atoms with Crippen LogP contribution < -0.4 is 10.3 Å². The fourth-order valence-electron chi connectivity index (χ4n) is 2.22. The van der Waals surface area contributed by atoms with Crippen LogP contribution in [0.15, 0.2) is 4.79 Å². The van der Waals surface area contributed by atoms with E-state index in [-0.39, 0.29) is 11.5 Å². The molecule has 4 nitrogen and oxygen atoms in total. The molecule has 17 heavy (non-hydrogen) atoms. The van der Waals surface area contributed by atoms with E-state index >= 15 is 0 Å². The van der Waals surface area contributed by atoms with Crippen molar-refractivity contribution in [3.63, 3.8) is 0 Å². The molecule has 0 radical (unpaired) electrons. The lowest BCUT2D eigenvalue weighted by molar-refractivity contribution is 0.294. The third-order valence-corrected chi connectivity index (χ3v) is 4.24. The highest BCUT2D eigenvalue weighted by atomic mass is 32.1. The number of fused-ring (bicyclic) bond motifs is 3. The minimum absolute atomic E-state index is 0.104. The second-order valence-corrected chi connectivity index (χ2v) is 5.71. The number of aryl methyl sites for hydroxylation is 1. The van der Waals surface area contributed by atoms with Gasteiger partial charge in [0.25, 0.3) is 5.56 Å². The zero-order valence-corrected chi connectivity index (χ0v) is 10.7. The van der Waals surface area contributed by atoms with Crippen LogP contribution in [0.4, 0.5) is 0 Å². The predicted molar refractivity (Wildman–Crippen MR) is 68.1 cm³/mol. The Morgan fingerprint density at radius 2 is 2.29 bits per heavy atom. The number of rotatable bonds is 1. The van der Waals surface area contributed by atoms with Gasteiger partial charge in [-0.2, -0.15) is 5.10 Å². The molecule has 0 amide bonds. The maximum absolute atomic E-state index is 11.8. The van der Waals surface area contributed by atoms with Crippen LogP contribution in [0.5, 0.6) is 5.75 Å². The van der Waals surface area contributed by atoms with Crippen molar-refractivity contribution in [3.8, 4) is 5.75 Å². The molecule has 1 aliphatic rings. The SMILES string of the molecule is CC(C)c1n[nH]c(=O)c2sc3c(c12)OCCC3. The van der Waals surface area contributed by atoms with Gasteiger partial charge in [-0.1, -0.05) is 13.8 Å². The van der Waals surface area contributed by atoms with Gasteiger partial charge >= 0.3 is 0 Å². The van der Waals surface area contributed by atoms with Gasteiger partial charge in [0.05, 0.1) is 17.7 Å². The van der Waals surface area contributed by atoms with Crippen LogP contribution in [0, 0.1) is 0 Å². The van der Waals surface area contributed by atoms with E-state index in [1.807, 2.05) is 0 Å². The molecule has 5 heteroatoms. The van der Waals surface area contributed by atoms with Gasteiger partial charge in [-0.15, -0.1) is 11.3 Å². The van der Waals surface area contributed by atoms with Gasteiger partial charge in [-0.05, 0) is 18.8 Å². The lowest BCUT2D eigenvalue weighted by Gasteiger charge is -2.14. The van der Waals surface area contributed by atoms with Gasteiger partial charge in [0.2, 0.25) is 0 Å². The van der Waals surface area contributed by atoms with Gasteiger partial charge in [0, 0.05) is 4.88 Å². The first-order chi connectivity index (χ1) is 8.18. The molecule has 1 N–H and O–H groups in total. The number of thiophene rings is 1. The van der Waals surface area contributed by atoms with E-state index < -0.39 is 0 Å². The maximum Gasteiger partial charge on any atom is 0.282 e. The summed E-state index contributed by atoms with van der Waals surface area (Å²) in [5.41, 5.74) is 0.825. The minimum atomic E-state index is -0.104. The largest absolute Gasteiger partial charge is 0.492 e. The molecule has 0 unspecified atom stereocenters. The molecule has 2 aromatic heterocycles. The zero-order valence-electron chi connectivity index (χ0n) is 9.87. The average Bonchev–Trinajstić information content (AvgIpc) is 2.69. The Balaban J connectivity index is 2.41. The first-order valence-electron chi connectivity index (χ1n) is 5.85. The van der Waals surface area contributed by atoms with E-state index in [2.05, 4.69) is 24.0 Å². The molecule has 0 aliphatic carbocycles. The van der Waals surface area contributed by atoms with Crippen molar-refractivity contribution in [1.29, 1.82) is 0 Å². The van der Waals surface area contributed by atoms with Gasteiger partial charge < -0.3 is 4.74 Å². The zero-order chi connectivity index (χ0) is 12.0. The molecule has 3 heterocycles. The lowest BCUT2D eigenvalue weighted by atomic mass is 10.1. The summed E-state index contributed by atoms with van der Waals surface area (Å²) in [4.78, 5) is 13.0. The quantitative estimate of drug-likeness (QED) is 0.845. The number of nitrogens with one attached hydrogen (secondary N) is 1. The highest BCUT2D eigenvalue weighted by Crippen LogP contribution is 2.41. The monoisotopic (exact) mass is 250 g/mol. The molecule has 90 valence electrons. The second kappa shape index (κ2) is 3.84. The van der Waals surface area contributed by atoms with Crippen LogP contribution in [0.3, 0.4) is 0 Å². The van der Waals surface area contributed by atoms with E-state index in [4.69, 9.17) is 4.74 Å². The van der Waals surface area contributed by atoms with Crippen molar-refractivity contribution in [1.82, 2.24) is 10.2 Å². The van der Waals surface area contributed by atoms with Gasteiger partial charge in [-0.25, -0.2) is 5.10 Å². The molecule has 0 saturated heterocycles. The third-order valence-electron chi connectivity index (χ3n) is 3.01. The Labute approximate surface area is 103 Å². The molecular formula is C12H14N2O2S. The number of aromatic amines is 1. The number of ether oxygens (including phenoxy) is 1. The molecule has 0 atom stereocenters. The normalized spacial score (nSPS) is 15.0. The molecule has 0 saturated carbocycles. The van der Waals surface area contributed by atoms with Crippen LogP contribution >= 0.6 is 11.3 Å². The van der Waals surface area contributed by atoms with Crippen molar-refractivity contribution < 1.29 is 4.74 Å². The van der Waals surface area contributed by atoms with E-state index in [0.29, 0.717) is 0 Å². The number of aromatic nitrogens is 2. The summed E-state index contributed by atoms with van der Waals surface area (Å²) in [5.74, 6) is 1.18. The van der Waals surface area contributed by atoms with Gasteiger partial charge in [-0.3, -0.25) is 4.79 Å². The van der Waals surface area contributed by atoms with Crippen molar-refractivity contribution >= 4 is 21.4 Å². The highest BCUT2D eigenvalue weighted by molar-refractivity contribution is 7.19. The maximum atomic E-state index is 11.8. The topological polar surface area (TPSA) is 55.0 Å². The molecule has 0 spiro atoms. The first-order valence-corrected chi connectivity index (χ1v) is 6.67. The summed E-state index contributed by atoms with van der Waals surface area (Å²) in [6.45, 7) is 4.89. The van der Waals surface area contributed by atoms with E-state index in [1.54, 1.807) is 11.3 Å². The van der Waals surface area contributed by atoms with Crippen molar-refractivity contribution in [2.75, 3.05) is 6.61 Å². The third kappa shape index (κ3) is 1.57. The summed E-state index contributed by atoms with van der Waals surface area (Å²) in [7, 11) is 0. The number of H-pyrrole nitrogens is 1. The number of hydrogen-bond donors (Lipinski definition) is 1. The Hall–Kier alpha value is -1.36. The van der Waals surface area contributed by atoms with Crippen molar-refractivity contribution in [2.24, 2.45) is 0 Å². The lowest BCUT2D eigenvalue weighted by Crippen LogP contribution is -2.11. The summed E-state index contributed by atoms with van der Waals surface area (Å²) < 4.78 is 6.50. The van der Waals surface area contributed by atoms with Crippen LogP contribution in [0.25, 0.3) is 10.1 Å². The number of hydrogen-bond acceptors (Lipinski definition) is 4. The van der Waals surface area contributed by atoms with E-state index in [0.717, 1.165) is 41.0 Å². The van der Waals surface area contributed by atoms with E-state index in [1.165, 1.54) is 4.88 Å². The standard InChI is InChI=1S/C12H14N2O2S/c1-6(2)9-8-10-7(4-3-5-16-10)17-11(8)12(15)14-13-9/h6H,3-5H2,1-2H3,(H,14,15). The average molecular weight is 250 g/mol. The molecule has 3 rings (SSSR count). The number of nitrogens with zero attached hydrogens (tertiary/aromatic N) is 1. The molecule has 2 aromatic rings. The fraction of sp³-hybridized carbons (Fsp3) is 0.500. The first kappa shape index (κ1) is 10.8. The molecule has 0 aromatic carbocycles. The van der Waals surface area contributed by atoms with E-state index in [9.17, 15) is 4.79 Å². The highest BCUT2D eigenvalue weighted by Gasteiger charge is 2.23. The van der Waals surface area contributed by atoms with Gasteiger partial charge in [0.15, 0.2) is 0 Å². The van der Waals surface area contributed by atoms with Crippen LogP contribution in [0.1, 0.15) is 36.8 Å². The molecule has 0 fully saturated rings.